The van der Waals surface area contributed by atoms with Crippen LogP contribution in [0.1, 0.15) is 5.56 Å². The van der Waals surface area contributed by atoms with Crippen LogP contribution in [0.2, 0.25) is 10.6 Å². The first-order chi connectivity index (χ1) is 8.06. The van der Waals surface area contributed by atoms with Gasteiger partial charge >= 0.3 is 0 Å². The van der Waals surface area contributed by atoms with Crippen molar-refractivity contribution in [2.45, 2.75) is 6.92 Å². The molecule has 1 N–H and O–H groups in total. The maximum absolute atomic E-state index is 5.69. The van der Waals surface area contributed by atoms with Gasteiger partial charge in [0.1, 0.15) is 0 Å². The second kappa shape index (κ2) is 5.16. The summed E-state index contributed by atoms with van der Waals surface area (Å²) in [4.78, 5) is 11.5. The van der Waals surface area contributed by atoms with E-state index in [1.54, 1.807) is 0 Å². The molecule has 0 aliphatic rings. The average Bonchev–Trinajstić information content (AvgIpc) is 2.23. The Labute approximate surface area is 117 Å². The normalized spacial score (nSPS) is 10.4. The summed E-state index contributed by atoms with van der Waals surface area (Å²) >= 11 is 14.9. The van der Waals surface area contributed by atoms with Gasteiger partial charge in [-0.15, -0.1) is 0 Å². The highest BCUT2D eigenvalue weighted by atomic mass is 79.9. The molecule has 4 nitrogen and oxygen atoms in total. The molecule has 7 heteroatoms. The number of halogens is 3. The first kappa shape index (κ1) is 12.5. The lowest BCUT2D eigenvalue weighted by Crippen LogP contribution is -2.00. The number of hydrogen-bond acceptors (Lipinski definition) is 4. The average molecular weight is 334 g/mol. The minimum Gasteiger partial charge on any atom is -0.323 e. The van der Waals surface area contributed by atoms with Crippen molar-refractivity contribution in [3.63, 3.8) is 0 Å². The van der Waals surface area contributed by atoms with Crippen LogP contribution in [0.5, 0.6) is 0 Å². The summed E-state index contributed by atoms with van der Waals surface area (Å²) in [7, 11) is 0. The molecule has 2 rings (SSSR count). The maximum Gasteiger partial charge on any atom is 0.232 e. The molecule has 1 aromatic heterocycles. The quantitative estimate of drug-likeness (QED) is 0.902. The van der Waals surface area contributed by atoms with Crippen molar-refractivity contribution in [2.24, 2.45) is 0 Å². The Balaban J connectivity index is 2.34. The van der Waals surface area contributed by atoms with E-state index in [1.165, 1.54) is 0 Å². The smallest absolute Gasteiger partial charge is 0.232 e. The minimum absolute atomic E-state index is 0.0521. The number of nitrogens with one attached hydrogen (secondary N) is 1. The van der Waals surface area contributed by atoms with E-state index in [0.717, 1.165) is 15.7 Å². The van der Waals surface area contributed by atoms with Gasteiger partial charge in [-0.05, 0) is 57.7 Å². The third kappa shape index (κ3) is 3.06. The van der Waals surface area contributed by atoms with Crippen LogP contribution in [0.3, 0.4) is 0 Å². The van der Waals surface area contributed by atoms with Crippen LogP contribution in [0.25, 0.3) is 0 Å². The van der Waals surface area contributed by atoms with Crippen LogP contribution in [-0.2, 0) is 0 Å². The van der Waals surface area contributed by atoms with Crippen molar-refractivity contribution in [3.8, 4) is 0 Å². The monoisotopic (exact) mass is 332 g/mol. The molecule has 0 atom stereocenters. The summed E-state index contributed by atoms with van der Waals surface area (Å²) in [5.74, 6) is 0.307. The van der Waals surface area contributed by atoms with Crippen LogP contribution in [-0.4, -0.2) is 15.0 Å². The van der Waals surface area contributed by atoms with Crippen molar-refractivity contribution in [3.05, 3.63) is 38.8 Å². The number of hydrogen-bond donors (Lipinski definition) is 1. The maximum atomic E-state index is 5.69. The second-order valence-corrected chi connectivity index (χ2v) is 4.73. The van der Waals surface area contributed by atoms with E-state index >= 15 is 0 Å². The number of aryl methyl sites for hydroxylation is 1. The van der Waals surface area contributed by atoms with Crippen LogP contribution in [0.4, 0.5) is 11.6 Å². The lowest BCUT2D eigenvalue weighted by molar-refractivity contribution is 1.05. The van der Waals surface area contributed by atoms with E-state index in [-0.39, 0.29) is 10.6 Å². The molecule has 0 unspecified atom stereocenters. The van der Waals surface area contributed by atoms with Gasteiger partial charge in [0.2, 0.25) is 16.5 Å². The van der Waals surface area contributed by atoms with Gasteiger partial charge in [0.25, 0.3) is 0 Å². The van der Waals surface area contributed by atoms with Crippen LogP contribution < -0.4 is 5.32 Å². The predicted molar refractivity (Wildman–Crippen MR) is 72.0 cm³/mol. The molecular weight excluding hydrogens is 327 g/mol. The highest BCUT2D eigenvalue weighted by molar-refractivity contribution is 9.10. The van der Waals surface area contributed by atoms with Gasteiger partial charge in [-0.2, -0.15) is 15.0 Å². The molecule has 0 aliphatic heterocycles. The Bertz CT molecular complexity index is 542. The highest BCUT2D eigenvalue weighted by Crippen LogP contribution is 2.27. The molecule has 17 heavy (non-hydrogen) atoms. The van der Waals surface area contributed by atoms with Gasteiger partial charge in [-0.25, -0.2) is 0 Å². The molecule has 0 amide bonds. The molecule has 0 bridgehead atoms. The summed E-state index contributed by atoms with van der Waals surface area (Å²) in [5.41, 5.74) is 1.93. The Kier molecular flexibility index (Phi) is 3.81. The third-order valence-corrected chi connectivity index (χ3v) is 3.41. The SMILES string of the molecule is Cc1cccc(Nc2nc(Cl)nc(Cl)n2)c1Br. The Morgan fingerprint density at radius 3 is 2.41 bits per heavy atom. The molecule has 88 valence electrons. The van der Waals surface area contributed by atoms with Crippen molar-refractivity contribution < 1.29 is 0 Å². The number of aromatic nitrogens is 3. The topological polar surface area (TPSA) is 50.7 Å². The fourth-order valence-corrected chi connectivity index (χ4v) is 1.97. The lowest BCUT2D eigenvalue weighted by atomic mass is 10.2. The summed E-state index contributed by atoms with van der Waals surface area (Å²) < 4.78 is 0.938. The van der Waals surface area contributed by atoms with Crippen molar-refractivity contribution in [1.82, 2.24) is 15.0 Å². The summed E-state index contributed by atoms with van der Waals surface area (Å²) in [6.45, 7) is 1.99. The zero-order valence-electron chi connectivity index (χ0n) is 8.71. The molecule has 0 radical (unpaired) electrons. The number of nitrogens with zero attached hydrogens (tertiary/aromatic N) is 3. The summed E-state index contributed by atoms with van der Waals surface area (Å²) in [6.07, 6.45) is 0. The Morgan fingerprint density at radius 2 is 1.76 bits per heavy atom. The summed E-state index contributed by atoms with van der Waals surface area (Å²) in [6, 6.07) is 5.80. The third-order valence-electron chi connectivity index (χ3n) is 2.02. The van der Waals surface area contributed by atoms with Gasteiger partial charge in [0.15, 0.2) is 0 Å². The highest BCUT2D eigenvalue weighted by Gasteiger charge is 2.06. The van der Waals surface area contributed by atoms with Crippen LogP contribution >= 0.6 is 39.1 Å². The first-order valence-electron chi connectivity index (χ1n) is 4.65. The zero-order chi connectivity index (χ0) is 12.4. The van der Waals surface area contributed by atoms with Gasteiger partial charge in [0.05, 0.1) is 5.69 Å². The predicted octanol–water partition coefficient (Wildman–Crippen LogP) is 3.99. The van der Waals surface area contributed by atoms with Crippen LogP contribution in [0, 0.1) is 6.92 Å². The van der Waals surface area contributed by atoms with Gasteiger partial charge < -0.3 is 5.32 Å². The van der Waals surface area contributed by atoms with E-state index < -0.39 is 0 Å². The fraction of sp³-hybridized carbons (Fsp3) is 0.100. The Morgan fingerprint density at radius 1 is 1.12 bits per heavy atom. The molecular formula is C10H7BrCl2N4. The molecule has 0 spiro atoms. The van der Waals surface area contributed by atoms with Gasteiger partial charge in [-0.3, -0.25) is 0 Å². The Hall–Kier alpha value is -0.910. The zero-order valence-corrected chi connectivity index (χ0v) is 11.8. The van der Waals surface area contributed by atoms with Crippen LogP contribution in [0.15, 0.2) is 22.7 Å². The number of anilines is 2. The van der Waals surface area contributed by atoms with E-state index in [2.05, 4.69) is 36.2 Å². The number of rotatable bonds is 2. The minimum atomic E-state index is 0.0521. The van der Waals surface area contributed by atoms with E-state index in [9.17, 15) is 0 Å². The fourth-order valence-electron chi connectivity index (χ4n) is 1.25. The van der Waals surface area contributed by atoms with Gasteiger partial charge in [-0.1, -0.05) is 12.1 Å². The van der Waals surface area contributed by atoms with E-state index in [0.29, 0.717) is 5.95 Å². The van der Waals surface area contributed by atoms with E-state index in [1.807, 2.05) is 25.1 Å². The molecule has 1 heterocycles. The lowest BCUT2D eigenvalue weighted by Gasteiger charge is -2.08. The number of benzene rings is 1. The van der Waals surface area contributed by atoms with Crippen molar-refractivity contribution in [1.29, 1.82) is 0 Å². The van der Waals surface area contributed by atoms with Crippen molar-refractivity contribution >= 4 is 50.8 Å². The molecule has 0 saturated heterocycles. The molecule has 1 aromatic carbocycles. The molecule has 0 aliphatic carbocycles. The molecule has 0 fully saturated rings. The second-order valence-electron chi connectivity index (χ2n) is 3.26. The standard InChI is InChI=1S/C10H7BrCl2N4/c1-5-3-2-4-6(7(5)11)14-10-16-8(12)15-9(13)17-10/h2-4H,1H3,(H,14,15,16,17). The summed E-state index contributed by atoms with van der Waals surface area (Å²) in [5, 5.41) is 3.12. The molecule has 2 aromatic rings. The molecule has 0 saturated carbocycles. The van der Waals surface area contributed by atoms with Crippen molar-refractivity contribution in [2.75, 3.05) is 5.32 Å². The largest absolute Gasteiger partial charge is 0.323 e. The first-order valence-corrected chi connectivity index (χ1v) is 6.20. The van der Waals surface area contributed by atoms with E-state index in [4.69, 9.17) is 23.2 Å². The van der Waals surface area contributed by atoms with Gasteiger partial charge in [0, 0.05) is 4.47 Å².